The van der Waals surface area contributed by atoms with Crippen molar-refractivity contribution in [3.63, 3.8) is 0 Å². The molecule has 0 aliphatic rings. The summed E-state index contributed by atoms with van der Waals surface area (Å²) in [4.78, 5) is 20.3. The fourth-order valence-corrected chi connectivity index (χ4v) is 2.47. The van der Waals surface area contributed by atoms with Crippen LogP contribution in [0.15, 0.2) is 65.7 Å². The van der Waals surface area contributed by atoms with Gasteiger partial charge in [-0.1, -0.05) is 36.4 Å². The monoisotopic (exact) mass is 364 g/mol. The number of thiocarbonyl (C=S) groups is 1. The van der Waals surface area contributed by atoms with Crippen LogP contribution >= 0.6 is 12.2 Å². The number of benzene rings is 2. The number of aromatic nitrogens is 1. The van der Waals surface area contributed by atoms with Gasteiger partial charge in [-0.2, -0.15) is 0 Å². The highest BCUT2D eigenvalue weighted by molar-refractivity contribution is 7.80. The van der Waals surface area contributed by atoms with Crippen LogP contribution in [0.3, 0.4) is 0 Å². The summed E-state index contributed by atoms with van der Waals surface area (Å²) in [7, 11) is 1.27. The maximum atomic E-state index is 11.2. The molecule has 1 aromatic heterocycles. The molecule has 1 heterocycles. The van der Waals surface area contributed by atoms with Gasteiger partial charge in [0.15, 0.2) is 5.11 Å². The van der Waals surface area contributed by atoms with Gasteiger partial charge in [0.25, 0.3) is 0 Å². The van der Waals surface area contributed by atoms with Gasteiger partial charge in [0.1, 0.15) is 0 Å². The summed E-state index contributed by atoms with van der Waals surface area (Å²) in [6.45, 7) is 0. The minimum atomic E-state index is -0.635. The molecule has 0 aliphatic carbocycles. The number of nitrogens with zero attached hydrogens (tertiary/aromatic N) is 2. The van der Waals surface area contributed by atoms with Gasteiger partial charge < -0.3 is 10.1 Å². The van der Waals surface area contributed by atoms with Crippen molar-refractivity contribution < 1.29 is 9.53 Å². The summed E-state index contributed by atoms with van der Waals surface area (Å²) in [6, 6.07) is 19.2. The van der Waals surface area contributed by atoms with Gasteiger partial charge in [0, 0.05) is 5.39 Å². The van der Waals surface area contributed by atoms with E-state index in [1.165, 1.54) is 7.11 Å². The molecular weight excluding hydrogens is 348 g/mol. The molecule has 2 aromatic carbocycles. The minimum Gasteiger partial charge on any atom is -0.453 e. The summed E-state index contributed by atoms with van der Waals surface area (Å²) in [5, 5.41) is 6.52. The SMILES string of the molecule is COC(=O)NC(=S)Nc1ccccc1/N=C/c1ccc2ccccc2n1. The van der Waals surface area contributed by atoms with E-state index < -0.39 is 6.09 Å². The molecule has 0 unspecified atom stereocenters. The smallest absolute Gasteiger partial charge is 0.413 e. The summed E-state index contributed by atoms with van der Waals surface area (Å²) < 4.78 is 4.51. The molecule has 0 aliphatic heterocycles. The fraction of sp³-hybridized carbons (Fsp3) is 0.0526. The molecule has 7 heteroatoms. The Balaban J connectivity index is 1.79. The highest BCUT2D eigenvalue weighted by atomic mass is 32.1. The molecule has 0 bridgehead atoms. The molecule has 2 N–H and O–H groups in total. The molecule has 0 radical (unpaired) electrons. The van der Waals surface area contributed by atoms with Crippen molar-refractivity contribution in [1.29, 1.82) is 0 Å². The minimum absolute atomic E-state index is 0.128. The zero-order chi connectivity index (χ0) is 18.4. The van der Waals surface area contributed by atoms with Gasteiger partial charge in [0.2, 0.25) is 0 Å². The molecule has 130 valence electrons. The van der Waals surface area contributed by atoms with E-state index in [1.807, 2.05) is 60.7 Å². The van der Waals surface area contributed by atoms with E-state index in [4.69, 9.17) is 12.2 Å². The van der Waals surface area contributed by atoms with Gasteiger partial charge >= 0.3 is 6.09 Å². The third-order valence-corrected chi connectivity index (χ3v) is 3.71. The first-order chi connectivity index (χ1) is 12.7. The van der Waals surface area contributed by atoms with Crippen molar-refractivity contribution in [1.82, 2.24) is 10.3 Å². The second-order valence-electron chi connectivity index (χ2n) is 5.27. The largest absolute Gasteiger partial charge is 0.453 e. The van der Waals surface area contributed by atoms with Crippen molar-refractivity contribution >= 4 is 51.9 Å². The predicted octanol–water partition coefficient (Wildman–Crippen LogP) is 4.04. The number of ether oxygens (including phenoxy) is 1. The molecule has 0 saturated heterocycles. The molecule has 1 amide bonds. The van der Waals surface area contributed by atoms with E-state index in [1.54, 1.807) is 6.21 Å². The number of hydrogen-bond donors (Lipinski definition) is 2. The van der Waals surface area contributed by atoms with E-state index in [-0.39, 0.29) is 5.11 Å². The van der Waals surface area contributed by atoms with Crippen LogP contribution < -0.4 is 10.6 Å². The van der Waals surface area contributed by atoms with Crippen LogP contribution in [0.4, 0.5) is 16.2 Å². The van der Waals surface area contributed by atoms with Gasteiger partial charge in [-0.05, 0) is 36.5 Å². The number of hydrogen-bond acceptors (Lipinski definition) is 5. The molecular formula is C19H16N4O2S. The average molecular weight is 364 g/mol. The summed E-state index contributed by atoms with van der Waals surface area (Å²) in [6.07, 6.45) is 1.05. The van der Waals surface area contributed by atoms with Crippen molar-refractivity contribution in [2.75, 3.05) is 12.4 Å². The number of rotatable bonds is 3. The van der Waals surface area contributed by atoms with Gasteiger partial charge in [0.05, 0.1) is 35.9 Å². The number of fused-ring (bicyclic) bond motifs is 1. The standard InChI is InChI=1S/C19H16N4O2S/c1-25-19(24)23-18(26)22-17-9-5-4-8-16(17)20-12-14-11-10-13-6-2-3-7-15(13)21-14/h2-12H,1H3,(H2,22,23,24,26)/b20-12+. The van der Waals surface area contributed by atoms with Crippen molar-refractivity contribution in [2.24, 2.45) is 4.99 Å². The van der Waals surface area contributed by atoms with Crippen LogP contribution in [0.1, 0.15) is 5.69 Å². The third kappa shape index (κ3) is 4.40. The first-order valence-electron chi connectivity index (χ1n) is 7.80. The van der Waals surface area contributed by atoms with Crippen LogP contribution in [-0.4, -0.2) is 29.5 Å². The van der Waals surface area contributed by atoms with Crippen molar-refractivity contribution in [2.45, 2.75) is 0 Å². The van der Waals surface area contributed by atoms with E-state index in [2.05, 4.69) is 25.3 Å². The van der Waals surface area contributed by atoms with Crippen molar-refractivity contribution in [3.8, 4) is 0 Å². The average Bonchev–Trinajstić information content (AvgIpc) is 2.67. The Morgan fingerprint density at radius 2 is 1.88 bits per heavy atom. The molecule has 3 rings (SSSR count). The number of alkyl carbamates (subject to hydrolysis) is 1. The quantitative estimate of drug-likeness (QED) is 0.542. The van der Waals surface area contributed by atoms with Gasteiger partial charge in [-0.3, -0.25) is 10.3 Å². The summed E-state index contributed by atoms with van der Waals surface area (Å²) in [5.41, 5.74) is 2.97. The molecule has 26 heavy (non-hydrogen) atoms. The lowest BCUT2D eigenvalue weighted by atomic mass is 10.2. The van der Waals surface area contributed by atoms with Crippen LogP contribution in [0.25, 0.3) is 10.9 Å². The maximum Gasteiger partial charge on any atom is 0.413 e. The first-order valence-corrected chi connectivity index (χ1v) is 8.21. The number of pyridine rings is 1. The molecule has 0 saturated carbocycles. The van der Waals surface area contributed by atoms with Gasteiger partial charge in [-0.15, -0.1) is 0 Å². The number of carbonyl (C=O) groups is 1. The molecule has 6 nitrogen and oxygen atoms in total. The van der Waals surface area contributed by atoms with Crippen LogP contribution in [0, 0.1) is 0 Å². The topological polar surface area (TPSA) is 75.6 Å². The Kier molecular flexibility index (Phi) is 5.50. The molecule has 0 atom stereocenters. The summed E-state index contributed by atoms with van der Waals surface area (Å²) >= 11 is 5.08. The predicted molar refractivity (Wildman–Crippen MR) is 107 cm³/mol. The highest BCUT2D eigenvalue weighted by Gasteiger charge is 2.06. The number of para-hydroxylation sites is 3. The Hall–Kier alpha value is -3.32. The van der Waals surface area contributed by atoms with Crippen LogP contribution in [0.5, 0.6) is 0 Å². The number of carbonyl (C=O) groups excluding carboxylic acids is 1. The van der Waals surface area contributed by atoms with Crippen molar-refractivity contribution in [3.05, 3.63) is 66.4 Å². The number of anilines is 1. The second kappa shape index (κ2) is 8.17. The van der Waals surface area contributed by atoms with E-state index in [0.717, 1.165) is 16.6 Å². The summed E-state index contributed by atoms with van der Waals surface area (Å²) in [5.74, 6) is 0. The normalized spacial score (nSPS) is 10.7. The molecule has 3 aromatic rings. The third-order valence-electron chi connectivity index (χ3n) is 3.51. The Bertz CT molecular complexity index is 988. The fourth-order valence-electron chi connectivity index (χ4n) is 2.28. The Morgan fingerprint density at radius 1 is 1.12 bits per heavy atom. The first kappa shape index (κ1) is 17.5. The highest BCUT2D eigenvalue weighted by Crippen LogP contribution is 2.24. The lowest BCUT2D eigenvalue weighted by Crippen LogP contribution is -2.33. The van der Waals surface area contributed by atoms with E-state index >= 15 is 0 Å². The number of nitrogens with one attached hydrogen (secondary N) is 2. The lowest BCUT2D eigenvalue weighted by Gasteiger charge is -2.10. The van der Waals surface area contributed by atoms with Crippen LogP contribution in [0.2, 0.25) is 0 Å². The Morgan fingerprint density at radius 3 is 2.73 bits per heavy atom. The number of amides is 1. The maximum absolute atomic E-state index is 11.2. The lowest BCUT2D eigenvalue weighted by molar-refractivity contribution is 0.177. The zero-order valence-electron chi connectivity index (χ0n) is 14.0. The zero-order valence-corrected chi connectivity index (χ0v) is 14.8. The van der Waals surface area contributed by atoms with E-state index in [9.17, 15) is 4.79 Å². The number of aliphatic imine (C=N–C) groups is 1. The van der Waals surface area contributed by atoms with Gasteiger partial charge in [-0.25, -0.2) is 9.78 Å². The second-order valence-corrected chi connectivity index (χ2v) is 5.68. The van der Waals surface area contributed by atoms with E-state index in [0.29, 0.717) is 11.4 Å². The molecule has 0 fully saturated rings. The molecule has 0 spiro atoms. The van der Waals surface area contributed by atoms with Crippen LogP contribution in [-0.2, 0) is 4.74 Å². The number of methoxy groups -OCH3 is 1. The Labute approximate surface area is 155 Å².